The molecule has 0 radical (unpaired) electrons. The fourth-order valence-electron chi connectivity index (χ4n) is 2.23. The van der Waals surface area contributed by atoms with E-state index in [1.54, 1.807) is 11.8 Å². The van der Waals surface area contributed by atoms with E-state index in [9.17, 15) is 9.59 Å². The van der Waals surface area contributed by atoms with Gasteiger partial charge in [0.2, 0.25) is 5.91 Å². The van der Waals surface area contributed by atoms with E-state index in [1.165, 1.54) is 0 Å². The highest BCUT2D eigenvalue weighted by Crippen LogP contribution is 2.05. The smallest absolute Gasteiger partial charge is 0.318 e. The largest absolute Gasteiger partial charge is 0.370 e. The van der Waals surface area contributed by atoms with Gasteiger partial charge in [0, 0.05) is 32.4 Å². The first kappa shape index (κ1) is 16.1. The second-order valence-corrected chi connectivity index (χ2v) is 5.39. The van der Waals surface area contributed by atoms with Crippen LogP contribution in [0, 0.1) is 6.92 Å². The molecule has 120 valence electrons. The van der Waals surface area contributed by atoms with Crippen molar-refractivity contribution in [3.63, 3.8) is 0 Å². The molecule has 0 aliphatic carbocycles. The van der Waals surface area contributed by atoms with Crippen molar-refractivity contribution in [2.24, 2.45) is 0 Å². The summed E-state index contributed by atoms with van der Waals surface area (Å²) < 4.78 is 0. The molecule has 2 rings (SSSR count). The van der Waals surface area contributed by atoms with Gasteiger partial charge in [-0.25, -0.2) is 9.78 Å². The molecule has 1 atom stereocenters. The van der Waals surface area contributed by atoms with Gasteiger partial charge in [-0.1, -0.05) is 6.07 Å². The zero-order valence-corrected chi connectivity index (χ0v) is 13.1. The van der Waals surface area contributed by atoms with Crippen molar-refractivity contribution in [3.8, 4) is 0 Å². The highest BCUT2D eigenvalue weighted by Gasteiger charge is 2.28. The molecular formula is C15H23N5O2. The lowest BCUT2D eigenvalue weighted by molar-refractivity contribution is -0.126. The van der Waals surface area contributed by atoms with Crippen LogP contribution in [0.2, 0.25) is 0 Å². The van der Waals surface area contributed by atoms with E-state index in [1.807, 2.05) is 25.3 Å². The SMILES string of the molecule is Cc1ccc(NCCCNC(=O)N2CCNC(=O)C2C)nc1. The van der Waals surface area contributed by atoms with Crippen LogP contribution in [-0.2, 0) is 4.79 Å². The number of carbonyl (C=O) groups is 2. The van der Waals surface area contributed by atoms with Gasteiger partial charge in [-0.05, 0) is 31.9 Å². The van der Waals surface area contributed by atoms with E-state index in [-0.39, 0.29) is 11.9 Å². The second kappa shape index (κ2) is 7.63. The number of rotatable bonds is 5. The average Bonchev–Trinajstić information content (AvgIpc) is 2.51. The number of pyridine rings is 1. The monoisotopic (exact) mass is 305 g/mol. The fourth-order valence-corrected chi connectivity index (χ4v) is 2.23. The van der Waals surface area contributed by atoms with E-state index in [2.05, 4.69) is 20.9 Å². The summed E-state index contributed by atoms with van der Waals surface area (Å²) >= 11 is 0. The van der Waals surface area contributed by atoms with Crippen LogP contribution in [-0.4, -0.2) is 54.0 Å². The first-order valence-corrected chi connectivity index (χ1v) is 7.56. The lowest BCUT2D eigenvalue weighted by Gasteiger charge is -2.32. The molecular weight excluding hydrogens is 282 g/mol. The number of amides is 3. The van der Waals surface area contributed by atoms with Gasteiger partial charge in [-0.15, -0.1) is 0 Å². The van der Waals surface area contributed by atoms with E-state index < -0.39 is 6.04 Å². The molecule has 7 heteroatoms. The molecule has 1 saturated heterocycles. The summed E-state index contributed by atoms with van der Waals surface area (Å²) in [6.45, 7) is 6.07. The summed E-state index contributed by atoms with van der Waals surface area (Å²) in [6, 6.07) is 3.33. The molecule has 0 bridgehead atoms. The maximum atomic E-state index is 12.0. The minimum Gasteiger partial charge on any atom is -0.370 e. The normalized spacial score (nSPS) is 17.8. The number of nitrogens with one attached hydrogen (secondary N) is 3. The van der Waals surface area contributed by atoms with Crippen molar-refractivity contribution in [3.05, 3.63) is 23.9 Å². The molecule has 1 aliphatic heterocycles. The van der Waals surface area contributed by atoms with Crippen LogP contribution in [0.4, 0.5) is 10.6 Å². The summed E-state index contributed by atoms with van der Waals surface area (Å²) in [7, 11) is 0. The van der Waals surface area contributed by atoms with Crippen LogP contribution in [0.5, 0.6) is 0 Å². The number of piperazine rings is 1. The summed E-state index contributed by atoms with van der Waals surface area (Å²) in [5.74, 6) is 0.728. The minimum absolute atomic E-state index is 0.103. The molecule has 1 aromatic rings. The first-order valence-electron chi connectivity index (χ1n) is 7.56. The standard InChI is InChI=1S/C15H23N5O2/c1-11-4-5-13(19-10-11)16-6-3-7-18-15(22)20-9-8-17-14(21)12(20)2/h4-5,10,12H,3,6-9H2,1-2H3,(H,16,19)(H,17,21)(H,18,22). The molecule has 1 aliphatic rings. The quantitative estimate of drug-likeness (QED) is 0.700. The average molecular weight is 305 g/mol. The molecule has 1 aromatic heterocycles. The molecule has 0 saturated carbocycles. The summed E-state index contributed by atoms with van der Waals surface area (Å²) in [5, 5.41) is 8.78. The van der Waals surface area contributed by atoms with Crippen LogP contribution < -0.4 is 16.0 Å². The van der Waals surface area contributed by atoms with Crippen LogP contribution in [0.1, 0.15) is 18.9 Å². The molecule has 0 spiro atoms. The van der Waals surface area contributed by atoms with Crippen molar-refractivity contribution in [1.82, 2.24) is 20.5 Å². The summed E-state index contributed by atoms with van der Waals surface area (Å²) in [6.07, 6.45) is 2.60. The molecule has 1 fully saturated rings. The predicted octanol–water partition coefficient (Wildman–Crippen LogP) is 0.722. The van der Waals surface area contributed by atoms with Gasteiger partial charge in [0.25, 0.3) is 0 Å². The number of nitrogens with zero attached hydrogens (tertiary/aromatic N) is 2. The van der Waals surface area contributed by atoms with Crippen molar-refractivity contribution < 1.29 is 9.59 Å². The lowest BCUT2D eigenvalue weighted by atomic mass is 10.2. The summed E-state index contributed by atoms with van der Waals surface area (Å²) in [4.78, 5) is 29.4. The van der Waals surface area contributed by atoms with Crippen LogP contribution >= 0.6 is 0 Å². The van der Waals surface area contributed by atoms with Crippen molar-refractivity contribution in [2.45, 2.75) is 26.3 Å². The lowest BCUT2D eigenvalue weighted by Crippen LogP contribution is -2.58. The minimum atomic E-state index is -0.413. The predicted molar refractivity (Wildman–Crippen MR) is 84.7 cm³/mol. The maximum absolute atomic E-state index is 12.0. The number of hydrogen-bond donors (Lipinski definition) is 3. The van der Waals surface area contributed by atoms with E-state index >= 15 is 0 Å². The molecule has 7 nitrogen and oxygen atoms in total. The van der Waals surface area contributed by atoms with Gasteiger partial charge in [0.15, 0.2) is 0 Å². The topological polar surface area (TPSA) is 86.4 Å². The molecule has 3 amide bonds. The zero-order chi connectivity index (χ0) is 15.9. The number of hydrogen-bond acceptors (Lipinski definition) is 4. The molecule has 0 aromatic carbocycles. The third kappa shape index (κ3) is 4.34. The highest BCUT2D eigenvalue weighted by atomic mass is 16.2. The fraction of sp³-hybridized carbons (Fsp3) is 0.533. The Morgan fingerprint density at radius 3 is 3.00 bits per heavy atom. The number of carbonyl (C=O) groups excluding carboxylic acids is 2. The van der Waals surface area contributed by atoms with Gasteiger partial charge in [0.05, 0.1) is 0 Å². The van der Waals surface area contributed by atoms with Crippen molar-refractivity contribution in [1.29, 1.82) is 0 Å². The molecule has 22 heavy (non-hydrogen) atoms. The zero-order valence-electron chi connectivity index (χ0n) is 13.1. The van der Waals surface area contributed by atoms with Crippen molar-refractivity contribution >= 4 is 17.8 Å². The van der Waals surface area contributed by atoms with Gasteiger partial charge >= 0.3 is 6.03 Å². The highest BCUT2D eigenvalue weighted by molar-refractivity contribution is 5.87. The van der Waals surface area contributed by atoms with E-state index in [0.29, 0.717) is 19.6 Å². The van der Waals surface area contributed by atoms with Gasteiger partial charge in [0.1, 0.15) is 11.9 Å². The number of aryl methyl sites for hydroxylation is 1. The molecule has 2 heterocycles. The molecule has 3 N–H and O–H groups in total. The van der Waals surface area contributed by atoms with Gasteiger partial charge < -0.3 is 20.9 Å². The Bertz CT molecular complexity index is 517. The Kier molecular flexibility index (Phi) is 5.57. The number of aromatic nitrogens is 1. The van der Waals surface area contributed by atoms with E-state index in [0.717, 1.165) is 24.3 Å². The summed E-state index contributed by atoms with van der Waals surface area (Å²) in [5.41, 5.74) is 1.12. The van der Waals surface area contributed by atoms with Gasteiger partial charge in [-0.2, -0.15) is 0 Å². The molecule has 1 unspecified atom stereocenters. The van der Waals surface area contributed by atoms with E-state index in [4.69, 9.17) is 0 Å². The van der Waals surface area contributed by atoms with Gasteiger partial charge in [-0.3, -0.25) is 4.79 Å². The first-order chi connectivity index (χ1) is 10.6. The third-order valence-corrected chi connectivity index (χ3v) is 3.61. The van der Waals surface area contributed by atoms with Crippen LogP contribution in [0.3, 0.4) is 0 Å². The van der Waals surface area contributed by atoms with Crippen LogP contribution in [0.15, 0.2) is 18.3 Å². The third-order valence-electron chi connectivity index (χ3n) is 3.61. The number of urea groups is 1. The maximum Gasteiger partial charge on any atom is 0.318 e. The second-order valence-electron chi connectivity index (χ2n) is 5.39. The van der Waals surface area contributed by atoms with Crippen LogP contribution in [0.25, 0.3) is 0 Å². The Labute approximate surface area is 130 Å². The Morgan fingerprint density at radius 2 is 2.27 bits per heavy atom. The number of anilines is 1. The van der Waals surface area contributed by atoms with Crippen molar-refractivity contribution in [2.75, 3.05) is 31.5 Å². The Hall–Kier alpha value is -2.31. The Balaban J connectivity index is 1.64. The Morgan fingerprint density at radius 1 is 1.45 bits per heavy atom.